The van der Waals surface area contributed by atoms with Gasteiger partial charge < -0.3 is 14.2 Å². The van der Waals surface area contributed by atoms with Gasteiger partial charge >= 0.3 is 0 Å². The van der Waals surface area contributed by atoms with E-state index < -0.39 is 0 Å². The van der Waals surface area contributed by atoms with Crippen molar-refractivity contribution in [2.45, 2.75) is 32.3 Å². The molecular formula is C12H15ClO3. The number of halogens is 1. The fourth-order valence-corrected chi connectivity index (χ4v) is 2.14. The van der Waals surface area contributed by atoms with Crippen LogP contribution in [0.15, 0.2) is 18.2 Å². The smallest absolute Gasteiger partial charge is 0.156 e. The quantitative estimate of drug-likeness (QED) is 0.797. The van der Waals surface area contributed by atoms with Crippen molar-refractivity contribution in [1.82, 2.24) is 0 Å². The minimum atomic E-state index is -0.192. The number of methoxy groups -OCH3 is 1. The van der Waals surface area contributed by atoms with Crippen molar-refractivity contribution >= 4 is 11.6 Å². The molecule has 0 unspecified atom stereocenters. The average molecular weight is 243 g/mol. The molecule has 0 spiro atoms. The summed E-state index contributed by atoms with van der Waals surface area (Å²) in [7, 11) is 1.63. The molecule has 0 saturated carbocycles. The van der Waals surface area contributed by atoms with E-state index in [4.69, 9.17) is 25.8 Å². The highest BCUT2D eigenvalue weighted by Gasteiger charge is 2.33. The van der Waals surface area contributed by atoms with E-state index in [1.54, 1.807) is 7.11 Å². The second-order valence-electron chi connectivity index (χ2n) is 3.85. The molecule has 0 bridgehead atoms. The first-order valence-corrected chi connectivity index (χ1v) is 5.64. The molecule has 2 rings (SSSR count). The van der Waals surface area contributed by atoms with Crippen molar-refractivity contribution in [3.63, 3.8) is 0 Å². The summed E-state index contributed by atoms with van der Waals surface area (Å²) in [5.74, 6) is 0.773. The average Bonchev–Trinajstić information content (AvgIpc) is 2.58. The lowest BCUT2D eigenvalue weighted by atomic mass is 10.1. The van der Waals surface area contributed by atoms with Gasteiger partial charge in [0.2, 0.25) is 0 Å². The van der Waals surface area contributed by atoms with E-state index in [0.717, 1.165) is 11.3 Å². The summed E-state index contributed by atoms with van der Waals surface area (Å²) in [6.45, 7) is 3.86. The van der Waals surface area contributed by atoms with Gasteiger partial charge in [0, 0.05) is 10.6 Å². The Morgan fingerprint density at radius 2 is 2.00 bits per heavy atom. The first-order chi connectivity index (χ1) is 7.61. The molecule has 0 aromatic heterocycles. The van der Waals surface area contributed by atoms with E-state index in [1.165, 1.54) is 0 Å². The molecule has 0 radical (unpaired) electrons. The highest BCUT2D eigenvalue weighted by Crippen LogP contribution is 2.37. The summed E-state index contributed by atoms with van der Waals surface area (Å²) >= 11 is 6.16. The lowest BCUT2D eigenvalue weighted by molar-refractivity contribution is -0.0494. The second kappa shape index (κ2) is 4.62. The number of hydrogen-bond acceptors (Lipinski definition) is 3. The van der Waals surface area contributed by atoms with E-state index >= 15 is 0 Å². The van der Waals surface area contributed by atoms with Gasteiger partial charge in [-0.25, -0.2) is 0 Å². The molecule has 1 saturated heterocycles. The van der Waals surface area contributed by atoms with Crippen LogP contribution >= 0.6 is 11.6 Å². The normalized spacial score (nSPS) is 29.4. The molecule has 0 aliphatic carbocycles. The minimum Gasteiger partial charge on any atom is -0.497 e. The molecule has 3 atom stereocenters. The maximum atomic E-state index is 6.16. The third-order valence-corrected chi connectivity index (χ3v) is 3.02. The first-order valence-electron chi connectivity index (χ1n) is 5.26. The third-order valence-electron chi connectivity index (χ3n) is 2.68. The number of hydrogen-bond donors (Lipinski definition) is 0. The van der Waals surface area contributed by atoms with Gasteiger partial charge in [0.1, 0.15) is 11.9 Å². The third kappa shape index (κ3) is 2.17. The van der Waals surface area contributed by atoms with Crippen molar-refractivity contribution < 1.29 is 14.2 Å². The zero-order valence-corrected chi connectivity index (χ0v) is 10.3. The molecule has 1 aliphatic heterocycles. The van der Waals surface area contributed by atoms with Crippen LogP contribution in [0.4, 0.5) is 0 Å². The SMILES string of the molecule is COc1ccc(Cl)c([C@@H]2O[C@H](C)O[C@@H]2C)c1. The highest BCUT2D eigenvalue weighted by atomic mass is 35.5. The standard InChI is InChI=1S/C12H15ClO3/c1-7-12(16-8(2)15-7)10-6-9(14-3)4-5-11(10)13/h4-8,12H,1-3H3/t7-,8-,12-/m1/s1. The summed E-state index contributed by atoms with van der Waals surface area (Å²) in [5.41, 5.74) is 0.915. The lowest BCUT2D eigenvalue weighted by Gasteiger charge is -2.15. The largest absolute Gasteiger partial charge is 0.497 e. The maximum absolute atomic E-state index is 6.16. The Bertz CT molecular complexity index is 381. The molecule has 1 heterocycles. The van der Waals surface area contributed by atoms with Crippen LogP contribution in [-0.4, -0.2) is 19.5 Å². The Balaban J connectivity index is 2.32. The van der Waals surface area contributed by atoms with Crippen LogP contribution < -0.4 is 4.74 Å². The van der Waals surface area contributed by atoms with Crippen molar-refractivity contribution in [3.05, 3.63) is 28.8 Å². The van der Waals surface area contributed by atoms with Gasteiger partial charge in [0.15, 0.2) is 6.29 Å². The molecule has 1 aliphatic rings. The summed E-state index contributed by atoms with van der Waals surface area (Å²) in [6, 6.07) is 5.54. The van der Waals surface area contributed by atoms with Gasteiger partial charge in [0.05, 0.1) is 13.2 Å². The predicted octanol–water partition coefficient (Wildman–Crippen LogP) is 3.17. The fraction of sp³-hybridized carbons (Fsp3) is 0.500. The van der Waals surface area contributed by atoms with E-state index in [1.807, 2.05) is 32.0 Å². The summed E-state index contributed by atoms with van der Waals surface area (Å²) < 4.78 is 16.4. The summed E-state index contributed by atoms with van der Waals surface area (Å²) in [4.78, 5) is 0. The van der Waals surface area contributed by atoms with Crippen molar-refractivity contribution in [2.24, 2.45) is 0 Å². The van der Waals surface area contributed by atoms with Crippen molar-refractivity contribution in [3.8, 4) is 5.75 Å². The molecule has 3 nitrogen and oxygen atoms in total. The topological polar surface area (TPSA) is 27.7 Å². The van der Waals surface area contributed by atoms with Crippen LogP contribution in [0.25, 0.3) is 0 Å². The van der Waals surface area contributed by atoms with Gasteiger partial charge in [-0.1, -0.05) is 11.6 Å². The Morgan fingerprint density at radius 3 is 2.56 bits per heavy atom. The zero-order chi connectivity index (χ0) is 11.7. The maximum Gasteiger partial charge on any atom is 0.156 e. The van der Waals surface area contributed by atoms with Gasteiger partial charge in [-0.3, -0.25) is 0 Å². The molecule has 4 heteroatoms. The fourth-order valence-electron chi connectivity index (χ4n) is 1.92. The zero-order valence-electron chi connectivity index (χ0n) is 9.57. The number of ether oxygens (including phenoxy) is 3. The molecule has 0 N–H and O–H groups in total. The number of benzene rings is 1. The first kappa shape index (κ1) is 11.7. The van der Waals surface area contributed by atoms with Crippen LogP contribution in [0.2, 0.25) is 5.02 Å². The van der Waals surface area contributed by atoms with Gasteiger partial charge in [-0.2, -0.15) is 0 Å². The molecule has 0 amide bonds. The predicted molar refractivity (Wildman–Crippen MR) is 61.8 cm³/mol. The highest BCUT2D eigenvalue weighted by molar-refractivity contribution is 6.31. The van der Waals surface area contributed by atoms with E-state index in [0.29, 0.717) is 5.02 Å². The van der Waals surface area contributed by atoms with Gasteiger partial charge in [-0.05, 0) is 32.0 Å². The molecule has 1 fully saturated rings. The van der Waals surface area contributed by atoms with Gasteiger partial charge in [-0.15, -0.1) is 0 Å². The van der Waals surface area contributed by atoms with Gasteiger partial charge in [0.25, 0.3) is 0 Å². The molecule has 88 valence electrons. The monoisotopic (exact) mass is 242 g/mol. The van der Waals surface area contributed by atoms with Crippen molar-refractivity contribution in [1.29, 1.82) is 0 Å². The summed E-state index contributed by atoms with van der Waals surface area (Å²) in [6.07, 6.45) is -0.320. The number of rotatable bonds is 2. The van der Waals surface area contributed by atoms with Crippen LogP contribution in [0.3, 0.4) is 0 Å². The lowest BCUT2D eigenvalue weighted by Crippen LogP contribution is -2.10. The minimum absolute atomic E-state index is 0.000365. The Hall–Kier alpha value is -0.770. The van der Waals surface area contributed by atoms with Crippen LogP contribution in [0, 0.1) is 0 Å². The van der Waals surface area contributed by atoms with Crippen molar-refractivity contribution in [2.75, 3.05) is 7.11 Å². The molecular weight excluding hydrogens is 228 g/mol. The van der Waals surface area contributed by atoms with Crippen LogP contribution in [-0.2, 0) is 9.47 Å². The van der Waals surface area contributed by atoms with E-state index in [-0.39, 0.29) is 18.5 Å². The van der Waals surface area contributed by atoms with Crippen LogP contribution in [0.5, 0.6) is 5.75 Å². The summed E-state index contributed by atoms with van der Waals surface area (Å²) in [5, 5.41) is 0.676. The molecule has 1 aromatic rings. The second-order valence-corrected chi connectivity index (χ2v) is 4.26. The Labute approximate surface area is 100 Å². The van der Waals surface area contributed by atoms with E-state index in [9.17, 15) is 0 Å². The van der Waals surface area contributed by atoms with E-state index in [2.05, 4.69) is 0 Å². The Morgan fingerprint density at radius 1 is 1.25 bits per heavy atom. The Kier molecular flexibility index (Phi) is 3.38. The van der Waals surface area contributed by atoms with Crippen LogP contribution in [0.1, 0.15) is 25.5 Å². The molecule has 1 aromatic carbocycles. The molecule has 16 heavy (non-hydrogen) atoms.